The molecule has 3 amide bonds. The van der Waals surface area contributed by atoms with Gasteiger partial charge in [-0.05, 0) is 92.1 Å². The molecule has 4 rings (SSSR count). The number of benzene rings is 3. The number of anilines is 2. The van der Waals surface area contributed by atoms with E-state index in [-0.39, 0.29) is 30.0 Å². The van der Waals surface area contributed by atoms with Crippen molar-refractivity contribution in [2.24, 2.45) is 0 Å². The molecule has 1 heterocycles. The zero-order valence-electron chi connectivity index (χ0n) is 21.3. The molecular formula is C29H28BrN3O4S. The van der Waals surface area contributed by atoms with Gasteiger partial charge < -0.3 is 15.4 Å². The quantitative estimate of drug-likeness (QED) is 0.217. The number of aryl methyl sites for hydroxylation is 2. The molecule has 0 fully saturated rings. The molecule has 9 heteroatoms. The lowest BCUT2D eigenvalue weighted by Gasteiger charge is -2.15. The molecule has 38 heavy (non-hydrogen) atoms. The molecule has 3 aromatic rings. The van der Waals surface area contributed by atoms with E-state index in [0.717, 1.165) is 26.2 Å². The second-order valence-electron chi connectivity index (χ2n) is 8.82. The Hall–Kier alpha value is -3.40. The van der Waals surface area contributed by atoms with E-state index in [1.165, 1.54) is 16.7 Å². The van der Waals surface area contributed by atoms with Gasteiger partial charge in [0, 0.05) is 46.6 Å². The number of carbonyl (C=O) groups is 3. The summed E-state index contributed by atoms with van der Waals surface area (Å²) in [5, 5.41) is 6.07. The third-order valence-electron chi connectivity index (χ3n) is 6.07. The first kappa shape index (κ1) is 27.6. The van der Waals surface area contributed by atoms with Gasteiger partial charge in [-0.15, -0.1) is 0 Å². The van der Waals surface area contributed by atoms with Crippen LogP contribution in [0.4, 0.5) is 11.4 Å². The van der Waals surface area contributed by atoms with Crippen LogP contribution in [0.15, 0.2) is 86.7 Å². The molecule has 196 valence electrons. The minimum atomic E-state index is -0.356. The van der Waals surface area contributed by atoms with Crippen molar-refractivity contribution in [3.05, 3.63) is 98.5 Å². The number of imide groups is 1. The second kappa shape index (κ2) is 12.4. The van der Waals surface area contributed by atoms with E-state index in [9.17, 15) is 14.4 Å². The fourth-order valence-corrected chi connectivity index (χ4v) is 5.03. The van der Waals surface area contributed by atoms with Crippen LogP contribution in [0.3, 0.4) is 0 Å². The normalized spacial score (nSPS) is 13.3. The van der Waals surface area contributed by atoms with Gasteiger partial charge in [0.15, 0.2) is 0 Å². The average molecular weight is 595 g/mol. The predicted octanol–water partition coefficient (Wildman–Crippen LogP) is 6.14. The summed E-state index contributed by atoms with van der Waals surface area (Å²) in [5.74, 6) is -0.913. The summed E-state index contributed by atoms with van der Waals surface area (Å²) in [5.41, 5.74) is 4.39. The van der Waals surface area contributed by atoms with Gasteiger partial charge in [0.25, 0.3) is 17.7 Å². The van der Waals surface area contributed by atoms with Crippen LogP contribution in [0.25, 0.3) is 0 Å². The van der Waals surface area contributed by atoms with Crippen molar-refractivity contribution in [2.45, 2.75) is 25.2 Å². The third kappa shape index (κ3) is 6.53. The lowest BCUT2D eigenvalue weighted by Crippen LogP contribution is -2.33. The number of nitrogens with zero attached hydrogens (tertiary/aromatic N) is 1. The second-order valence-corrected chi connectivity index (χ2v) is 10.8. The van der Waals surface area contributed by atoms with Gasteiger partial charge in [0.1, 0.15) is 10.6 Å². The van der Waals surface area contributed by atoms with E-state index in [1.54, 1.807) is 31.4 Å². The van der Waals surface area contributed by atoms with Crippen LogP contribution in [0.1, 0.15) is 27.9 Å². The minimum Gasteiger partial charge on any atom is -0.385 e. The molecule has 0 aliphatic carbocycles. The number of halogens is 1. The summed E-state index contributed by atoms with van der Waals surface area (Å²) in [7, 11) is 1.59. The molecule has 0 bridgehead atoms. The number of thioether (sulfide) groups is 1. The Kier molecular flexibility index (Phi) is 9.04. The number of methoxy groups -OCH3 is 1. The van der Waals surface area contributed by atoms with Crippen molar-refractivity contribution in [1.29, 1.82) is 0 Å². The maximum Gasteiger partial charge on any atom is 0.278 e. The average Bonchev–Trinajstić information content (AvgIpc) is 3.11. The summed E-state index contributed by atoms with van der Waals surface area (Å²) in [6.07, 6.45) is 0.551. The predicted molar refractivity (Wildman–Crippen MR) is 154 cm³/mol. The Labute approximate surface area is 234 Å². The molecule has 0 radical (unpaired) electrons. The van der Waals surface area contributed by atoms with Crippen LogP contribution >= 0.6 is 27.7 Å². The summed E-state index contributed by atoms with van der Waals surface area (Å²) < 4.78 is 5.99. The zero-order valence-corrected chi connectivity index (χ0v) is 23.7. The van der Waals surface area contributed by atoms with Crippen molar-refractivity contribution >= 4 is 56.8 Å². The highest BCUT2D eigenvalue weighted by Crippen LogP contribution is 2.36. The van der Waals surface area contributed by atoms with Crippen molar-refractivity contribution in [3.8, 4) is 0 Å². The number of amides is 3. The Morgan fingerprint density at radius 3 is 2.26 bits per heavy atom. The first-order valence-corrected chi connectivity index (χ1v) is 13.7. The Balaban J connectivity index is 1.54. The molecule has 0 saturated carbocycles. The van der Waals surface area contributed by atoms with E-state index >= 15 is 0 Å². The van der Waals surface area contributed by atoms with Crippen molar-refractivity contribution in [3.63, 3.8) is 0 Å². The van der Waals surface area contributed by atoms with E-state index in [1.807, 2.05) is 56.3 Å². The number of nitrogens with one attached hydrogen (secondary N) is 2. The van der Waals surface area contributed by atoms with Gasteiger partial charge >= 0.3 is 0 Å². The largest absolute Gasteiger partial charge is 0.385 e. The van der Waals surface area contributed by atoms with Crippen LogP contribution in [-0.2, 0) is 14.3 Å². The molecule has 0 saturated heterocycles. The molecule has 1 aliphatic heterocycles. The van der Waals surface area contributed by atoms with E-state index in [4.69, 9.17) is 4.74 Å². The zero-order chi connectivity index (χ0) is 27.2. The van der Waals surface area contributed by atoms with E-state index in [2.05, 4.69) is 26.6 Å². The Morgan fingerprint density at radius 1 is 0.921 bits per heavy atom. The molecule has 7 nitrogen and oxygen atoms in total. The summed E-state index contributed by atoms with van der Waals surface area (Å²) in [6, 6.07) is 20.1. The summed E-state index contributed by atoms with van der Waals surface area (Å²) >= 11 is 4.59. The maximum absolute atomic E-state index is 13.3. The highest BCUT2D eigenvalue weighted by Gasteiger charge is 2.38. The summed E-state index contributed by atoms with van der Waals surface area (Å²) in [4.78, 5) is 41.5. The van der Waals surface area contributed by atoms with Crippen molar-refractivity contribution in [2.75, 3.05) is 30.9 Å². The Morgan fingerprint density at radius 2 is 1.61 bits per heavy atom. The fraction of sp³-hybridized carbons (Fsp3) is 0.207. The molecule has 0 atom stereocenters. The van der Waals surface area contributed by atoms with E-state index in [0.29, 0.717) is 29.2 Å². The highest BCUT2D eigenvalue weighted by atomic mass is 79.9. The number of hydrogen-bond acceptors (Lipinski definition) is 6. The monoisotopic (exact) mass is 593 g/mol. The van der Waals surface area contributed by atoms with Crippen molar-refractivity contribution < 1.29 is 19.1 Å². The highest BCUT2D eigenvalue weighted by molar-refractivity contribution is 9.10. The van der Waals surface area contributed by atoms with E-state index < -0.39 is 0 Å². The van der Waals surface area contributed by atoms with Crippen LogP contribution in [0.5, 0.6) is 0 Å². The van der Waals surface area contributed by atoms with Gasteiger partial charge in [-0.1, -0.05) is 33.8 Å². The SMILES string of the molecule is COCCCN1C(=O)C(Nc2ccc(C)c(C)c2)=C(Sc2ccc(NC(=O)c3ccc(Br)cc3)cc2)C1=O. The molecule has 0 aromatic heterocycles. The van der Waals surface area contributed by atoms with Gasteiger partial charge in [0.2, 0.25) is 0 Å². The first-order valence-electron chi connectivity index (χ1n) is 12.1. The molecule has 1 aliphatic rings. The first-order chi connectivity index (χ1) is 18.3. The van der Waals surface area contributed by atoms with Crippen LogP contribution in [-0.4, -0.2) is 42.9 Å². The maximum atomic E-state index is 13.3. The van der Waals surface area contributed by atoms with Crippen molar-refractivity contribution in [1.82, 2.24) is 4.90 Å². The molecule has 3 aromatic carbocycles. The van der Waals surface area contributed by atoms with Gasteiger partial charge in [-0.2, -0.15) is 0 Å². The summed E-state index contributed by atoms with van der Waals surface area (Å²) in [6.45, 7) is 4.74. The number of carbonyl (C=O) groups excluding carboxylic acids is 3. The van der Waals surface area contributed by atoms with Gasteiger partial charge in [0.05, 0.1) is 0 Å². The Bertz CT molecular complexity index is 1390. The molecule has 0 spiro atoms. The topological polar surface area (TPSA) is 87.7 Å². The fourth-order valence-electron chi connectivity index (χ4n) is 3.82. The lowest BCUT2D eigenvalue weighted by molar-refractivity contribution is -0.137. The third-order valence-corrected chi connectivity index (χ3v) is 7.69. The van der Waals surface area contributed by atoms with Gasteiger partial charge in [-0.25, -0.2) is 0 Å². The number of rotatable bonds is 10. The number of hydrogen-bond donors (Lipinski definition) is 2. The molecule has 0 unspecified atom stereocenters. The smallest absolute Gasteiger partial charge is 0.278 e. The molecular weight excluding hydrogens is 566 g/mol. The molecule has 2 N–H and O–H groups in total. The minimum absolute atomic E-state index is 0.219. The number of ether oxygens (including phenoxy) is 1. The van der Waals surface area contributed by atoms with Crippen LogP contribution in [0.2, 0.25) is 0 Å². The van der Waals surface area contributed by atoms with Crippen LogP contribution in [0, 0.1) is 13.8 Å². The standard InChI is InChI=1S/C29H28BrN3O4S/c1-18-5-10-23(17-19(18)2)31-25-26(29(36)33(28(25)35)15-4-16-37-3)38-24-13-11-22(12-14-24)32-27(34)20-6-8-21(30)9-7-20/h5-14,17,31H,4,15-16H2,1-3H3,(H,32,34). The van der Waals surface area contributed by atoms with Crippen LogP contribution < -0.4 is 10.6 Å². The lowest BCUT2D eigenvalue weighted by atomic mass is 10.1. The van der Waals surface area contributed by atoms with Gasteiger partial charge in [-0.3, -0.25) is 19.3 Å².